The van der Waals surface area contributed by atoms with Crippen LogP contribution in [0.25, 0.3) is 0 Å². The van der Waals surface area contributed by atoms with E-state index in [1.807, 2.05) is 19.1 Å². The highest BCUT2D eigenvalue weighted by Crippen LogP contribution is 2.28. The Balaban J connectivity index is 1.88. The molecule has 1 aliphatic rings. The number of halogens is 2. The molecule has 1 heterocycles. The van der Waals surface area contributed by atoms with Crippen molar-refractivity contribution in [2.24, 2.45) is 0 Å². The van der Waals surface area contributed by atoms with Crippen LogP contribution in [0.2, 0.25) is 5.02 Å². The number of nitrogens with one attached hydrogen (secondary N) is 1. The number of carbonyl (C=O) groups is 2. The van der Waals surface area contributed by atoms with Crippen molar-refractivity contribution in [2.75, 3.05) is 11.4 Å². The summed E-state index contributed by atoms with van der Waals surface area (Å²) in [6.07, 6.45) is 0.0774. The number of nitrogens with zero attached hydrogens (tertiary/aromatic N) is 2. The van der Waals surface area contributed by atoms with Crippen LogP contribution in [0, 0.1) is 0 Å². The third-order valence-corrected chi connectivity index (χ3v) is 5.60. The molecule has 0 radical (unpaired) electrons. The van der Waals surface area contributed by atoms with Gasteiger partial charge in [-0.2, -0.15) is 0 Å². The lowest BCUT2D eigenvalue weighted by Crippen LogP contribution is -2.49. The van der Waals surface area contributed by atoms with Gasteiger partial charge in [-0.05, 0) is 61.1 Å². The highest BCUT2D eigenvalue weighted by atomic mass is 79.9. The Morgan fingerprint density at radius 3 is 2.46 bits per heavy atom. The number of hydrogen-bond acceptors (Lipinski definition) is 3. The molecule has 0 spiro atoms. The van der Waals surface area contributed by atoms with E-state index in [2.05, 4.69) is 21.2 Å². The van der Waals surface area contributed by atoms with E-state index >= 15 is 0 Å². The van der Waals surface area contributed by atoms with Crippen LogP contribution in [-0.4, -0.2) is 34.4 Å². The van der Waals surface area contributed by atoms with Gasteiger partial charge >= 0.3 is 0 Å². The van der Waals surface area contributed by atoms with Crippen LogP contribution >= 0.6 is 39.7 Å². The SMILES string of the molecule is CCNC(=S)N(Cc1ccc(Cl)cc1)[C@@H]1CC(=O)N(c2ccc(Br)cc2)C1=O. The zero-order chi connectivity index (χ0) is 20.3. The van der Waals surface area contributed by atoms with E-state index in [0.717, 1.165) is 10.0 Å². The van der Waals surface area contributed by atoms with E-state index in [4.69, 9.17) is 23.8 Å². The highest BCUT2D eigenvalue weighted by Gasteiger charge is 2.43. The van der Waals surface area contributed by atoms with Crippen molar-refractivity contribution in [1.82, 2.24) is 10.2 Å². The van der Waals surface area contributed by atoms with Gasteiger partial charge in [0.15, 0.2) is 5.11 Å². The van der Waals surface area contributed by atoms with Gasteiger partial charge < -0.3 is 10.2 Å². The Labute approximate surface area is 182 Å². The molecule has 8 heteroatoms. The zero-order valence-electron chi connectivity index (χ0n) is 15.2. The maximum Gasteiger partial charge on any atom is 0.257 e. The van der Waals surface area contributed by atoms with Crippen molar-refractivity contribution in [2.45, 2.75) is 25.9 Å². The number of imide groups is 1. The van der Waals surface area contributed by atoms with Crippen LogP contribution in [0.4, 0.5) is 5.69 Å². The third-order valence-electron chi connectivity index (χ3n) is 4.44. The fourth-order valence-electron chi connectivity index (χ4n) is 3.08. The quantitative estimate of drug-likeness (QED) is 0.515. The van der Waals surface area contributed by atoms with E-state index in [-0.39, 0.29) is 18.2 Å². The molecular weight excluding hydrogens is 462 g/mol. The summed E-state index contributed by atoms with van der Waals surface area (Å²) in [5, 5.41) is 4.18. The van der Waals surface area contributed by atoms with E-state index in [9.17, 15) is 9.59 Å². The summed E-state index contributed by atoms with van der Waals surface area (Å²) in [5.74, 6) is -0.515. The summed E-state index contributed by atoms with van der Waals surface area (Å²) in [4.78, 5) is 28.8. The van der Waals surface area contributed by atoms with Gasteiger partial charge in [-0.1, -0.05) is 39.7 Å². The number of anilines is 1. The molecule has 146 valence electrons. The van der Waals surface area contributed by atoms with Gasteiger partial charge in [0.25, 0.3) is 5.91 Å². The number of benzene rings is 2. The number of rotatable bonds is 5. The van der Waals surface area contributed by atoms with Gasteiger partial charge in [-0.15, -0.1) is 0 Å². The smallest absolute Gasteiger partial charge is 0.257 e. The molecule has 0 bridgehead atoms. The molecule has 1 atom stereocenters. The lowest BCUT2D eigenvalue weighted by atomic mass is 10.1. The second-order valence-corrected chi connectivity index (χ2v) is 8.09. The summed E-state index contributed by atoms with van der Waals surface area (Å²) < 4.78 is 0.879. The average Bonchev–Trinajstić information content (AvgIpc) is 2.96. The largest absolute Gasteiger partial charge is 0.363 e. The van der Waals surface area contributed by atoms with Crippen molar-refractivity contribution >= 4 is 62.4 Å². The number of amides is 2. The lowest BCUT2D eigenvalue weighted by molar-refractivity contribution is -0.122. The fraction of sp³-hybridized carbons (Fsp3) is 0.250. The summed E-state index contributed by atoms with van der Waals surface area (Å²) in [7, 11) is 0. The topological polar surface area (TPSA) is 52.7 Å². The maximum absolute atomic E-state index is 13.1. The van der Waals surface area contributed by atoms with Crippen LogP contribution in [0.1, 0.15) is 18.9 Å². The summed E-state index contributed by atoms with van der Waals surface area (Å²) >= 11 is 14.8. The molecule has 1 saturated heterocycles. The second-order valence-electron chi connectivity index (χ2n) is 6.35. The molecule has 3 rings (SSSR count). The summed E-state index contributed by atoms with van der Waals surface area (Å²) in [6, 6.07) is 13.8. The van der Waals surface area contributed by atoms with Gasteiger partial charge in [0.1, 0.15) is 6.04 Å². The number of carbonyl (C=O) groups excluding carboxylic acids is 2. The third kappa shape index (κ3) is 4.54. The zero-order valence-corrected chi connectivity index (χ0v) is 18.4. The Morgan fingerprint density at radius 1 is 1.21 bits per heavy atom. The van der Waals surface area contributed by atoms with Crippen molar-refractivity contribution in [3.63, 3.8) is 0 Å². The first-order chi connectivity index (χ1) is 13.4. The number of thiocarbonyl (C=S) groups is 1. The molecule has 5 nitrogen and oxygen atoms in total. The van der Waals surface area contributed by atoms with Crippen molar-refractivity contribution in [3.8, 4) is 0 Å². The van der Waals surface area contributed by atoms with Crippen molar-refractivity contribution in [3.05, 3.63) is 63.6 Å². The molecule has 0 aliphatic carbocycles. The maximum atomic E-state index is 13.1. The van der Waals surface area contributed by atoms with E-state index in [0.29, 0.717) is 28.9 Å². The monoisotopic (exact) mass is 479 g/mol. The first-order valence-electron chi connectivity index (χ1n) is 8.82. The van der Waals surface area contributed by atoms with E-state index in [1.54, 1.807) is 41.3 Å². The predicted molar refractivity (Wildman–Crippen MR) is 118 cm³/mol. The van der Waals surface area contributed by atoms with Crippen molar-refractivity contribution in [1.29, 1.82) is 0 Å². The van der Waals surface area contributed by atoms with Gasteiger partial charge in [0.2, 0.25) is 5.91 Å². The van der Waals surface area contributed by atoms with Crippen LogP contribution in [0.5, 0.6) is 0 Å². The van der Waals surface area contributed by atoms with Gasteiger partial charge in [-0.25, -0.2) is 4.90 Å². The molecule has 2 amide bonds. The fourth-order valence-corrected chi connectivity index (χ4v) is 3.81. The molecule has 1 aliphatic heterocycles. The Morgan fingerprint density at radius 2 is 1.86 bits per heavy atom. The van der Waals surface area contributed by atoms with Gasteiger partial charge in [0.05, 0.1) is 12.1 Å². The standard InChI is InChI=1S/C20H19BrClN3O2S/c1-2-23-20(28)24(12-13-3-7-15(22)8-4-13)17-11-18(26)25(19(17)27)16-9-5-14(21)6-10-16/h3-10,17H,2,11-12H2,1H3,(H,23,28)/t17-/m1/s1. The molecular formula is C20H19BrClN3O2S. The molecule has 1 fully saturated rings. The molecule has 2 aromatic rings. The van der Waals surface area contributed by atoms with E-state index in [1.165, 1.54) is 4.90 Å². The van der Waals surface area contributed by atoms with Gasteiger partial charge in [0, 0.05) is 22.6 Å². The molecule has 2 aromatic carbocycles. The van der Waals surface area contributed by atoms with Crippen LogP contribution in [-0.2, 0) is 16.1 Å². The second kappa shape index (κ2) is 9.03. The molecule has 0 saturated carbocycles. The van der Waals surface area contributed by atoms with E-state index < -0.39 is 6.04 Å². The van der Waals surface area contributed by atoms with Crippen molar-refractivity contribution < 1.29 is 9.59 Å². The highest BCUT2D eigenvalue weighted by molar-refractivity contribution is 9.10. The lowest BCUT2D eigenvalue weighted by Gasteiger charge is -2.30. The van der Waals surface area contributed by atoms with Crippen LogP contribution in [0.3, 0.4) is 0 Å². The molecule has 0 aromatic heterocycles. The van der Waals surface area contributed by atoms with Crippen LogP contribution < -0.4 is 10.2 Å². The first-order valence-corrected chi connectivity index (χ1v) is 10.4. The summed E-state index contributed by atoms with van der Waals surface area (Å²) in [6.45, 7) is 2.96. The Hall–Kier alpha value is -1.96. The number of hydrogen-bond donors (Lipinski definition) is 1. The molecule has 1 N–H and O–H groups in total. The van der Waals surface area contributed by atoms with Gasteiger partial charge in [-0.3, -0.25) is 9.59 Å². The first kappa shape index (κ1) is 20.8. The normalized spacial score (nSPS) is 16.4. The predicted octanol–water partition coefficient (Wildman–Crippen LogP) is 4.13. The Bertz CT molecular complexity index is 889. The Kier molecular flexibility index (Phi) is 6.69. The summed E-state index contributed by atoms with van der Waals surface area (Å²) in [5.41, 5.74) is 1.51. The average molecular weight is 481 g/mol. The van der Waals surface area contributed by atoms with Crippen LogP contribution in [0.15, 0.2) is 53.0 Å². The minimum Gasteiger partial charge on any atom is -0.363 e. The molecule has 28 heavy (non-hydrogen) atoms. The molecule has 0 unspecified atom stereocenters. The minimum absolute atomic E-state index is 0.0774. The minimum atomic E-state index is -0.654.